The SMILES string of the molecule is CNC1=C([N+](=O)[O-])C(c2cccc(O)c2)c2c(n[nH]c2C)O1. The molecule has 1 aromatic carbocycles. The molecule has 2 heterocycles. The predicted octanol–water partition coefficient (Wildman–Crippen LogP) is 1.61. The van der Waals surface area contributed by atoms with Crippen LogP contribution >= 0.6 is 0 Å². The Labute approximate surface area is 125 Å². The Hall–Kier alpha value is -3.03. The van der Waals surface area contributed by atoms with Crippen LogP contribution < -0.4 is 10.1 Å². The van der Waals surface area contributed by atoms with Crippen LogP contribution in [0.5, 0.6) is 11.6 Å². The van der Waals surface area contributed by atoms with E-state index in [0.29, 0.717) is 22.7 Å². The third-order valence-electron chi connectivity index (χ3n) is 3.58. The topological polar surface area (TPSA) is 113 Å². The van der Waals surface area contributed by atoms with Crippen LogP contribution in [0.2, 0.25) is 0 Å². The molecule has 1 aromatic heterocycles. The van der Waals surface area contributed by atoms with Crippen LogP contribution in [0.15, 0.2) is 35.8 Å². The minimum absolute atomic E-state index is 0.0392. The third kappa shape index (κ3) is 2.05. The highest BCUT2D eigenvalue weighted by molar-refractivity contribution is 5.50. The number of phenolic OH excluding ortho intramolecular Hbond substituents is 1. The number of nitro groups is 1. The van der Waals surface area contributed by atoms with Gasteiger partial charge in [-0.2, -0.15) is 0 Å². The third-order valence-corrected chi connectivity index (χ3v) is 3.58. The van der Waals surface area contributed by atoms with Crippen LogP contribution in [0.1, 0.15) is 22.7 Å². The van der Waals surface area contributed by atoms with E-state index in [0.717, 1.165) is 0 Å². The molecular weight excluding hydrogens is 288 g/mol. The van der Waals surface area contributed by atoms with Crippen molar-refractivity contribution < 1.29 is 14.8 Å². The van der Waals surface area contributed by atoms with Gasteiger partial charge in [-0.1, -0.05) is 12.1 Å². The average Bonchev–Trinajstić information content (AvgIpc) is 2.86. The van der Waals surface area contributed by atoms with Crippen LogP contribution in [0.25, 0.3) is 0 Å². The Morgan fingerprint density at radius 2 is 2.27 bits per heavy atom. The van der Waals surface area contributed by atoms with Gasteiger partial charge in [0.1, 0.15) is 11.7 Å². The molecule has 1 aliphatic heterocycles. The highest BCUT2D eigenvalue weighted by Gasteiger charge is 2.42. The molecule has 1 aliphatic rings. The lowest BCUT2D eigenvalue weighted by Gasteiger charge is -2.23. The van der Waals surface area contributed by atoms with E-state index in [2.05, 4.69) is 15.5 Å². The zero-order chi connectivity index (χ0) is 15.9. The largest absolute Gasteiger partial charge is 0.508 e. The molecule has 0 saturated carbocycles. The summed E-state index contributed by atoms with van der Waals surface area (Å²) in [7, 11) is 1.54. The molecule has 0 bridgehead atoms. The van der Waals surface area contributed by atoms with Crippen molar-refractivity contribution in [3.05, 3.63) is 62.8 Å². The number of H-pyrrole nitrogens is 1. The maximum Gasteiger partial charge on any atom is 0.317 e. The maximum absolute atomic E-state index is 11.6. The second kappa shape index (κ2) is 5.06. The smallest absolute Gasteiger partial charge is 0.317 e. The number of allylic oxidation sites excluding steroid dienone is 1. The first-order valence-corrected chi connectivity index (χ1v) is 6.61. The lowest BCUT2D eigenvalue weighted by Crippen LogP contribution is -2.27. The molecule has 114 valence electrons. The Balaban J connectivity index is 2.27. The number of aryl methyl sites for hydroxylation is 1. The van der Waals surface area contributed by atoms with Gasteiger partial charge in [0.05, 0.1) is 10.5 Å². The fourth-order valence-electron chi connectivity index (χ4n) is 2.65. The molecule has 0 aliphatic carbocycles. The summed E-state index contributed by atoms with van der Waals surface area (Å²) in [5, 5.41) is 30.8. The number of benzene rings is 1. The van der Waals surface area contributed by atoms with Gasteiger partial charge in [0.25, 0.3) is 5.88 Å². The summed E-state index contributed by atoms with van der Waals surface area (Å²) in [5.41, 5.74) is 1.74. The maximum atomic E-state index is 11.6. The van der Waals surface area contributed by atoms with Gasteiger partial charge in [-0.3, -0.25) is 15.2 Å². The van der Waals surface area contributed by atoms with E-state index in [1.165, 1.54) is 12.1 Å². The molecule has 0 saturated heterocycles. The summed E-state index contributed by atoms with van der Waals surface area (Å²) in [6, 6.07) is 6.39. The Morgan fingerprint density at radius 1 is 1.50 bits per heavy atom. The first-order valence-electron chi connectivity index (χ1n) is 6.61. The molecule has 0 fully saturated rings. The highest BCUT2D eigenvalue weighted by atomic mass is 16.6. The first kappa shape index (κ1) is 13.9. The summed E-state index contributed by atoms with van der Waals surface area (Å²) in [6.45, 7) is 1.77. The highest BCUT2D eigenvalue weighted by Crippen LogP contribution is 2.43. The second-order valence-corrected chi connectivity index (χ2v) is 4.92. The summed E-state index contributed by atoms with van der Waals surface area (Å²) >= 11 is 0. The molecule has 1 unspecified atom stereocenters. The molecule has 0 radical (unpaired) electrons. The van der Waals surface area contributed by atoms with Gasteiger partial charge < -0.3 is 15.2 Å². The Bertz CT molecular complexity index is 781. The van der Waals surface area contributed by atoms with Gasteiger partial charge in [-0.15, -0.1) is 5.10 Å². The van der Waals surface area contributed by atoms with Crippen molar-refractivity contribution in [1.29, 1.82) is 0 Å². The van der Waals surface area contributed by atoms with Crippen LogP contribution in [0, 0.1) is 17.0 Å². The van der Waals surface area contributed by atoms with E-state index < -0.39 is 10.8 Å². The Kier molecular flexibility index (Phi) is 3.21. The molecule has 0 amide bonds. The minimum Gasteiger partial charge on any atom is -0.508 e. The second-order valence-electron chi connectivity index (χ2n) is 4.92. The van der Waals surface area contributed by atoms with Crippen molar-refractivity contribution in [2.45, 2.75) is 12.8 Å². The van der Waals surface area contributed by atoms with E-state index in [4.69, 9.17) is 4.74 Å². The van der Waals surface area contributed by atoms with Crippen molar-refractivity contribution in [1.82, 2.24) is 15.5 Å². The number of fused-ring (bicyclic) bond motifs is 1. The standard InChI is InChI=1S/C14H14N4O4/c1-7-10-11(8-4-3-5-9(19)6-8)12(18(20)21)14(15-2)22-13(10)17-16-7/h3-6,11,15,19H,1-2H3,(H,16,17). The van der Waals surface area contributed by atoms with Gasteiger partial charge in [0.2, 0.25) is 5.88 Å². The van der Waals surface area contributed by atoms with Gasteiger partial charge in [-0.25, -0.2) is 0 Å². The van der Waals surface area contributed by atoms with Gasteiger partial charge >= 0.3 is 5.70 Å². The number of aromatic amines is 1. The van der Waals surface area contributed by atoms with Crippen LogP contribution in [0.3, 0.4) is 0 Å². The lowest BCUT2D eigenvalue weighted by molar-refractivity contribution is -0.432. The number of hydrogen-bond acceptors (Lipinski definition) is 6. The summed E-state index contributed by atoms with van der Waals surface area (Å²) in [6.07, 6.45) is 0. The summed E-state index contributed by atoms with van der Waals surface area (Å²) in [5.74, 6) is -0.314. The summed E-state index contributed by atoms with van der Waals surface area (Å²) < 4.78 is 5.48. The van der Waals surface area contributed by atoms with Gasteiger partial charge in [-0.05, 0) is 24.6 Å². The summed E-state index contributed by atoms with van der Waals surface area (Å²) in [4.78, 5) is 11.1. The average molecular weight is 302 g/mol. The molecule has 22 heavy (non-hydrogen) atoms. The van der Waals surface area contributed by atoms with Gasteiger partial charge in [0, 0.05) is 12.7 Å². The quantitative estimate of drug-likeness (QED) is 0.586. The zero-order valence-electron chi connectivity index (χ0n) is 12.0. The number of aromatic nitrogens is 2. The molecular formula is C14H14N4O4. The van der Waals surface area contributed by atoms with E-state index in [9.17, 15) is 15.2 Å². The first-order chi connectivity index (χ1) is 10.5. The monoisotopic (exact) mass is 302 g/mol. The van der Waals surface area contributed by atoms with Crippen molar-refractivity contribution in [3.63, 3.8) is 0 Å². The number of ether oxygens (including phenoxy) is 1. The van der Waals surface area contributed by atoms with E-state index in [-0.39, 0.29) is 17.3 Å². The number of phenols is 1. The molecule has 1 atom stereocenters. The molecule has 3 rings (SSSR count). The van der Waals surface area contributed by atoms with E-state index >= 15 is 0 Å². The fourth-order valence-corrected chi connectivity index (χ4v) is 2.65. The van der Waals surface area contributed by atoms with Crippen molar-refractivity contribution in [2.75, 3.05) is 7.05 Å². The Morgan fingerprint density at radius 3 is 2.91 bits per heavy atom. The number of aromatic hydroxyl groups is 1. The molecule has 2 aromatic rings. The minimum atomic E-state index is -0.688. The van der Waals surface area contributed by atoms with Gasteiger partial charge in [0.15, 0.2) is 0 Å². The fraction of sp³-hybridized carbons (Fsp3) is 0.214. The number of nitrogens with zero attached hydrogens (tertiary/aromatic N) is 2. The van der Waals surface area contributed by atoms with Crippen LogP contribution in [0.4, 0.5) is 0 Å². The van der Waals surface area contributed by atoms with Crippen molar-refractivity contribution in [2.24, 2.45) is 0 Å². The zero-order valence-corrected chi connectivity index (χ0v) is 12.0. The molecule has 8 nitrogen and oxygen atoms in total. The van der Waals surface area contributed by atoms with E-state index in [1.54, 1.807) is 26.1 Å². The normalized spacial score (nSPS) is 16.9. The number of nitrogens with one attached hydrogen (secondary N) is 2. The predicted molar refractivity (Wildman–Crippen MR) is 77.0 cm³/mol. The van der Waals surface area contributed by atoms with E-state index in [1.807, 2.05) is 0 Å². The van der Waals surface area contributed by atoms with Crippen LogP contribution in [-0.2, 0) is 0 Å². The van der Waals surface area contributed by atoms with Crippen molar-refractivity contribution in [3.8, 4) is 11.6 Å². The number of rotatable bonds is 3. The van der Waals surface area contributed by atoms with Crippen LogP contribution in [-0.4, -0.2) is 27.3 Å². The number of hydrogen-bond donors (Lipinski definition) is 3. The lowest BCUT2D eigenvalue weighted by atomic mass is 9.87. The molecule has 3 N–H and O–H groups in total. The molecule has 8 heteroatoms. The molecule has 0 spiro atoms. The van der Waals surface area contributed by atoms with Crippen molar-refractivity contribution >= 4 is 0 Å².